The first-order valence-electron chi connectivity index (χ1n) is 8.03. The van der Waals surface area contributed by atoms with Crippen LogP contribution in [0.1, 0.15) is 27.5 Å². The van der Waals surface area contributed by atoms with E-state index >= 15 is 0 Å². The number of hydrogen-bond donors (Lipinski definition) is 3. The van der Waals surface area contributed by atoms with Gasteiger partial charge < -0.3 is 16.0 Å². The Bertz CT molecular complexity index is 832. The van der Waals surface area contributed by atoms with Crippen molar-refractivity contribution in [3.63, 3.8) is 0 Å². The summed E-state index contributed by atoms with van der Waals surface area (Å²) in [7, 11) is 3.34. The van der Waals surface area contributed by atoms with Gasteiger partial charge in [-0.15, -0.1) is 0 Å². The van der Waals surface area contributed by atoms with Crippen molar-refractivity contribution in [3.8, 4) is 0 Å². The molecule has 2 aromatic rings. The summed E-state index contributed by atoms with van der Waals surface area (Å²) in [5.41, 5.74) is 1.66. The molecule has 0 radical (unpaired) electrons. The van der Waals surface area contributed by atoms with Crippen molar-refractivity contribution in [2.45, 2.75) is 19.1 Å². The van der Waals surface area contributed by atoms with Crippen molar-refractivity contribution in [2.75, 3.05) is 18.9 Å². The summed E-state index contributed by atoms with van der Waals surface area (Å²) in [6.07, 6.45) is -1.26. The number of aryl methyl sites for hydroxylation is 2. The maximum absolute atomic E-state index is 12.6. The summed E-state index contributed by atoms with van der Waals surface area (Å²) in [6, 6.07) is 3.61. The highest BCUT2D eigenvalue weighted by atomic mass is 19.4. The maximum atomic E-state index is 12.6. The molecule has 27 heavy (non-hydrogen) atoms. The van der Waals surface area contributed by atoms with E-state index in [1.165, 1.54) is 12.1 Å². The smallest absolute Gasteiger partial charge is 0.343 e. The molecule has 2 amide bonds. The number of aromatic nitrogens is 2. The lowest BCUT2D eigenvalue weighted by Gasteiger charge is -2.16. The number of hydrogen-bond acceptors (Lipinski definition) is 4. The van der Waals surface area contributed by atoms with Crippen molar-refractivity contribution in [2.24, 2.45) is 7.05 Å². The number of likely N-dealkylation sites (N-methyl/N-ethyl adjacent to an activating group) is 1. The Hall–Kier alpha value is -2.88. The summed E-state index contributed by atoms with van der Waals surface area (Å²) in [4.78, 5) is 24.5. The van der Waals surface area contributed by atoms with Crippen LogP contribution in [0.15, 0.2) is 30.6 Å². The Morgan fingerprint density at radius 3 is 2.56 bits per heavy atom. The fourth-order valence-electron chi connectivity index (χ4n) is 2.42. The van der Waals surface area contributed by atoms with Gasteiger partial charge in [0.1, 0.15) is 12.6 Å². The minimum absolute atomic E-state index is 0.0162. The Labute approximate surface area is 153 Å². The van der Waals surface area contributed by atoms with E-state index < -0.39 is 24.7 Å². The average Bonchev–Trinajstić information content (AvgIpc) is 3.00. The second-order valence-electron chi connectivity index (χ2n) is 5.99. The third-order valence-corrected chi connectivity index (χ3v) is 3.82. The van der Waals surface area contributed by atoms with Gasteiger partial charge in [-0.2, -0.15) is 18.3 Å². The molecule has 146 valence electrons. The summed E-state index contributed by atoms with van der Waals surface area (Å²) in [5, 5.41) is 11.4. The van der Waals surface area contributed by atoms with E-state index in [0.717, 1.165) is 0 Å². The minimum atomic E-state index is -4.50. The maximum Gasteiger partial charge on any atom is 0.405 e. The van der Waals surface area contributed by atoms with Crippen molar-refractivity contribution in [3.05, 3.63) is 47.3 Å². The van der Waals surface area contributed by atoms with Gasteiger partial charge in [0.2, 0.25) is 5.91 Å². The molecule has 0 saturated heterocycles. The minimum Gasteiger partial charge on any atom is -0.343 e. The number of nitrogens with zero attached hydrogens (tertiary/aromatic N) is 2. The lowest BCUT2D eigenvalue weighted by molar-refractivity contribution is -0.123. The average molecular weight is 383 g/mol. The quantitative estimate of drug-likeness (QED) is 0.711. The third-order valence-electron chi connectivity index (χ3n) is 3.82. The highest BCUT2D eigenvalue weighted by Gasteiger charge is 2.28. The molecule has 0 aliphatic rings. The number of carbonyl (C=O) groups excluding carboxylic acids is 2. The number of carbonyl (C=O) groups is 2. The van der Waals surface area contributed by atoms with Crippen LogP contribution >= 0.6 is 0 Å². The van der Waals surface area contributed by atoms with Crippen molar-refractivity contribution < 1.29 is 22.8 Å². The summed E-state index contributed by atoms with van der Waals surface area (Å²) in [6.45, 7) is 0.287. The van der Waals surface area contributed by atoms with Crippen molar-refractivity contribution in [1.29, 1.82) is 0 Å². The SMILES string of the molecule is CNC(C(=O)Nc1cc(C(=O)NCC(F)(F)F)ccc1C)c1cnn(C)c1. The van der Waals surface area contributed by atoms with Crippen LogP contribution < -0.4 is 16.0 Å². The topological polar surface area (TPSA) is 88.1 Å². The van der Waals surface area contributed by atoms with E-state index in [9.17, 15) is 22.8 Å². The van der Waals surface area contributed by atoms with E-state index in [4.69, 9.17) is 0 Å². The van der Waals surface area contributed by atoms with Gasteiger partial charge in [0.05, 0.1) is 6.20 Å². The van der Waals surface area contributed by atoms with Gasteiger partial charge in [0.15, 0.2) is 0 Å². The largest absolute Gasteiger partial charge is 0.405 e. The first kappa shape index (κ1) is 20.4. The van der Waals surface area contributed by atoms with Crippen molar-refractivity contribution in [1.82, 2.24) is 20.4 Å². The fraction of sp³-hybridized carbons (Fsp3) is 0.353. The number of alkyl halides is 3. The summed E-state index contributed by atoms with van der Waals surface area (Å²) >= 11 is 0. The number of rotatable bonds is 6. The van der Waals surface area contributed by atoms with Crippen LogP contribution in [0.3, 0.4) is 0 Å². The molecule has 1 unspecified atom stereocenters. The molecular formula is C17H20F3N5O2. The van der Waals surface area contributed by atoms with E-state index in [0.29, 0.717) is 16.8 Å². The molecule has 0 aliphatic carbocycles. The molecule has 0 saturated carbocycles. The number of anilines is 1. The third kappa shape index (κ3) is 5.55. The van der Waals surface area contributed by atoms with Crippen molar-refractivity contribution >= 4 is 17.5 Å². The van der Waals surface area contributed by atoms with Gasteiger partial charge in [0, 0.05) is 30.1 Å². The summed E-state index contributed by atoms with van der Waals surface area (Å²) < 4.78 is 38.3. The zero-order valence-electron chi connectivity index (χ0n) is 15.0. The number of amides is 2. The number of benzene rings is 1. The molecule has 0 aliphatic heterocycles. The van der Waals surface area contributed by atoms with Gasteiger partial charge in [-0.1, -0.05) is 6.07 Å². The Balaban J connectivity index is 2.15. The number of halogens is 3. The molecule has 0 spiro atoms. The van der Waals surface area contributed by atoms with E-state index in [1.807, 2.05) is 0 Å². The highest BCUT2D eigenvalue weighted by Crippen LogP contribution is 2.20. The lowest BCUT2D eigenvalue weighted by atomic mass is 10.1. The second-order valence-corrected chi connectivity index (χ2v) is 5.99. The standard InChI is InChI=1S/C17H20F3N5O2/c1-10-4-5-11(15(26)22-9-17(18,19)20)6-13(10)24-16(27)14(21-2)12-7-23-25(3)8-12/h4-8,14,21H,9H2,1-3H3,(H,22,26)(H,24,27). The fourth-order valence-corrected chi connectivity index (χ4v) is 2.42. The first-order chi connectivity index (χ1) is 12.6. The van der Waals surface area contributed by atoms with E-state index in [-0.39, 0.29) is 11.5 Å². The Morgan fingerprint density at radius 1 is 1.30 bits per heavy atom. The van der Waals surface area contributed by atoms with Crippen LogP contribution in [-0.2, 0) is 11.8 Å². The molecule has 2 rings (SSSR count). The monoisotopic (exact) mass is 383 g/mol. The van der Waals surface area contributed by atoms with Gasteiger partial charge >= 0.3 is 6.18 Å². The van der Waals surface area contributed by atoms with Crippen LogP contribution in [0.5, 0.6) is 0 Å². The zero-order valence-corrected chi connectivity index (χ0v) is 15.0. The molecular weight excluding hydrogens is 363 g/mol. The van der Waals surface area contributed by atoms with Gasteiger partial charge in [-0.3, -0.25) is 14.3 Å². The normalized spacial score (nSPS) is 12.5. The molecule has 7 nitrogen and oxygen atoms in total. The zero-order chi connectivity index (χ0) is 20.2. The van der Waals surface area contributed by atoms with Crippen LogP contribution in [0, 0.1) is 6.92 Å². The predicted molar refractivity (Wildman–Crippen MR) is 93.2 cm³/mol. The van der Waals surface area contributed by atoms with Gasteiger partial charge in [-0.25, -0.2) is 0 Å². The molecule has 10 heteroatoms. The van der Waals surface area contributed by atoms with E-state index in [1.54, 1.807) is 49.5 Å². The molecule has 1 aromatic carbocycles. The molecule has 0 fully saturated rings. The second kappa shape index (κ2) is 8.21. The van der Waals surface area contributed by atoms with Gasteiger partial charge in [-0.05, 0) is 31.7 Å². The molecule has 3 N–H and O–H groups in total. The van der Waals surface area contributed by atoms with Gasteiger partial charge in [0.25, 0.3) is 5.91 Å². The van der Waals surface area contributed by atoms with Crippen LogP contribution in [0.4, 0.5) is 18.9 Å². The first-order valence-corrected chi connectivity index (χ1v) is 8.03. The predicted octanol–water partition coefficient (Wildman–Crippen LogP) is 1.92. The van der Waals surface area contributed by atoms with Crippen LogP contribution in [0.25, 0.3) is 0 Å². The molecule has 1 aromatic heterocycles. The highest BCUT2D eigenvalue weighted by molar-refractivity contribution is 5.99. The Kier molecular flexibility index (Phi) is 6.21. The van der Waals surface area contributed by atoms with Crippen LogP contribution in [0.2, 0.25) is 0 Å². The lowest BCUT2D eigenvalue weighted by Crippen LogP contribution is -2.34. The Morgan fingerprint density at radius 2 is 2.00 bits per heavy atom. The molecule has 0 bridgehead atoms. The molecule has 1 heterocycles. The molecule has 1 atom stereocenters. The van der Waals surface area contributed by atoms with E-state index in [2.05, 4.69) is 15.7 Å². The number of nitrogens with one attached hydrogen (secondary N) is 3. The van der Waals surface area contributed by atoms with Crippen LogP contribution in [-0.4, -0.2) is 41.4 Å². The summed E-state index contributed by atoms with van der Waals surface area (Å²) in [5.74, 6) is -1.26.